The Kier molecular flexibility index (Phi) is 5.84. The maximum Gasteiger partial charge on any atom is 0.210 e. The molecule has 1 aliphatic rings. The predicted molar refractivity (Wildman–Crippen MR) is 103 cm³/mol. The molecule has 26 heavy (non-hydrogen) atoms. The van der Waals surface area contributed by atoms with Crippen molar-refractivity contribution in [2.75, 3.05) is 11.9 Å². The number of fused-ring (bicyclic) bond motifs is 1. The summed E-state index contributed by atoms with van der Waals surface area (Å²) in [6, 6.07) is 14.3. The molecule has 0 amide bonds. The molecule has 0 heterocycles. The van der Waals surface area contributed by atoms with E-state index in [0.717, 1.165) is 17.9 Å². The second-order valence-corrected chi connectivity index (χ2v) is 6.36. The van der Waals surface area contributed by atoms with Crippen LogP contribution in [0.15, 0.2) is 60.3 Å². The Morgan fingerprint density at radius 1 is 0.885 bits per heavy atom. The first-order valence-electron chi connectivity index (χ1n) is 9.08. The minimum absolute atomic E-state index is 0.158. The van der Waals surface area contributed by atoms with Gasteiger partial charge >= 0.3 is 0 Å². The van der Waals surface area contributed by atoms with Gasteiger partial charge < -0.3 is 10.1 Å². The summed E-state index contributed by atoms with van der Waals surface area (Å²) >= 11 is 0. The molecule has 2 aromatic carbocycles. The molecule has 0 aliphatic heterocycles. The molecule has 0 bridgehead atoms. The van der Waals surface area contributed by atoms with Gasteiger partial charge in [0.2, 0.25) is 5.78 Å². The molecule has 1 aliphatic carbocycles. The number of carbonyl (C=O) groups is 2. The minimum atomic E-state index is -0.170. The summed E-state index contributed by atoms with van der Waals surface area (Å²) in [5.74, 6) is 0.476. The van der Waals surface area contributed by atoms with Crippen LogP contribution in [0.4, 0.5) is 5.69 Å². The molecule has 0 radical (unpaired) electrons. The molecule has 4 heteroatoms. The lowest BCUT2D eigenvalue weighted by molar-refractivity contribution is 0.0985. The van der Waals surface area contributed by atoms with E-state index in [4.69, 9.17) is 4.74 Å². The van der Waals surface area contributed by atoms with Crippen LogP contribution in [0.5, 0.6) is 5.75 Å². The largest absolute Gasteiger partial charge is 0.494 e. The van der Waals surface area contributed by atoms with Crippen molar-refractivity contribution in [3.63, 3.8) is 0 Å². The van der Waals surface area contributed by atoms with Gasteiger partial charge in [-0.25, -0.2) is 0 Å². The van der Waals surface area contributed by atoms with Gasteiger partial charge in [0.15, 0.2) is 5.78 Å². The summed E-state index contributed by atoms with van der Waals surface area (Å²) in [5, 5.41) is 3.05. The van der Waals surface area contributed by atoms with Gasteiger partial charge in [0.25, 0.3) is 0 Å². The first-order valence-corrected chi connectivity index (χ1v) is 9.08. The number of ether oxygens (including phenoxy) is 1. The monoisotopic (exact) mass is 349 g/mol. The van der Waals surface area contributed by atoms with Gasteiger partial charge in [-0.1, -0.05) is 50.5 Å². The number of benzene rings is 2. The number of Topliss-reactive ketones (excluding diaryl/α,β-unsaturated/α-hetero) is 1. The number of anilines is 1. The number of carbonyl (C=O) groups excluding carboxylic acids is 2. The highest BCUT2D eigenvalue weighted by atomic mass is 16.5. The van der Waals surface area contributed by atoms with Crippen LogP contribution < -0.4 is 10.1 Å². The zero-order valence-corrected chi connectivity index (χ0v) is 15.0. The Bertz CT molecular complexity index is 822. The van der Waals surface area contributed by atoms with E-state index in [1.807, 2.05) is 24.3 Å². The number of nitrogens with one attached hydrogen (secondary N) is 1. The highest BCUT2D eigenvalue weighted by molar-refractivity contribution is 6.25. The number of unbranched alkanes of at least 4 members (excludes halogenated alkanes) is 3. The molecule has 0 saturated carbocycles. The molecule has 4 nitrogen and oxygen atoms in total. The average molecular weight is 349 g/mol. The highest BCUT2D eigenvalue weighted by Gasteiger charge is 2.25. The number of hydrogen-bond acceptors (Lipinski definition) is 4. The van der Waals surface area contributed by atoms with E-state index >= 15 is 0 Å². The van der Waals surface area contributed by atoms with Crippen LogP contribution in [0.3, 0.4) is 0 Å². The zero-order valence-electron chi connectivity index (χ0n) is 15.0. The summed E-state index contributed by atoms with van der Waals surface area (Å²) in [7, 11) is 0. The van der Waals surface area contributed by atoms with Crippen LogP contribution in [-0.4, -0.2) is 18.2 Å². The summed E-state index contributed by atoms with van der Waals surface area (Å²) in [4.78, 5) is 24.7. The maximum absolute atomic E-state index is 12.6. The molecule has 1 N–H and O–H groups in total. The first kappa shape index (κ1) is 17.9. The van der Waals surface area contributed by atoms with E-state index in [-0.39, 0.29) is 11.6 Å². The molecule has 0 atom stereocenters. The highest BCUT2D eigenvalue weighted by Crippen LogP contribution is 2.24. The van der Waals surface area contributed by atoms with E-state index in [9.17, 15) is 9.59 Å². The van der Waals surface area contributed by atoms with E-state index < -0.39 is 0 Å². The van der Waals surface area contributed by atoms with Crippen LogP contribution in [0, 0.1) is 0 Å². The third-order valence-electron chi connectivity index (χ3n) is 4.36. The van der Waals surface area contributed by atoms with Crippen LogP contribution in [0.1, 0.15) is 53.3 Å². The molecule has 2 aromatic rings. The molecule has 0 aromatic heterocycles. The molecule has 134 valence electrons. The lowest BCUT2D eigenvalue weighted by Crippen LogP contribution is -2.21. The molecule has 0 unspecified atom stereocenters. The lowest BCUT2D eigenvalue weighted by atomic mass is 9.92. The summed E-state index contributed by atoms with van der Waals surface area (Å²) in [5.41, 5.74) is 1.93. The van der Waals surface area contributed by atoms with Crippen LogP contribution >= 0.6 is 0 Å². The van der Waals surface area contributed by atoms with Crippen molar-refractivity contribution < 1.29 is 14.3 Å². The van der Waals surface area contributed by atoms with Crippen LogP contribution in [0.2, 0.25) is 0 Å². The van der Waals surface area contributed by atoms with Gasteiger partial charge in [0, 0.05) is 22.9 Å². The van der Waals surface area contributed by atoms with Crippen molar-refractivity contribution in [3.8, 4) is 5.75 Å². The smallest absolute Gasteiger partial charge is 0.210 e. The maximum atomic E-state index is 12.6. The van der Waals surface area contributed by atoms with Crippen molar-refractivity contribution in [2.24, 2.45) is 0 Å². The summed E-state index contributed by atoms with van der Waals surface area (Å²) < 4.78 is 5.72. The Labute approximate surface area is 153 Å². The van der Waals surface area contributed by atoms with Gasteiger partial charge in [-0.05, 0) is 30.7 Å². The zero-order chi connectivity index (χ0) is 18.4. The Hall–Kier alpha value is -2.88. The quantitative estimate of drug-likeness (QED) is 0.680. The normalized spacial score (nSPS) is 13.2. The van der Waals surface area contributed by atoms with Crippen LogP contribution in [0.25, 0.3) is 0 Å². The molecule has 0 saturated heterocycles. The van der Waals surface area contributed by atoms with Crippen molar-refractivity contribution in [1.29, 1.82) is 0 Å². The topological polar surface area (TPSA) is 55.4 Å². The first-order chi connectivity index (χ1) is 12.7. The van der Waals surface area contributed by atoms with Crippen molar-refractivity contribution in [1.82, 2.24) is 0 Å². The molecular formula is C22H23NO3. The number of hydrogen-bond donors (Lipinski definition) is 1. The molecule has 0 spiro atoms. The van der Waals surface area contributed by atoms with Gasteiger partial charge in [-0.15, -0.1) is 0 Å². The summed E-state index contributed by atoms with van der Waals surface area (Å²) in [6.45, 7) is 2.90. The SMILES string of the molecule is CCCCCCOc1ccc(NC2=CC(=O)c3ccccc3C2=O)cc1. The van der Waals surface area contributed by atoms with Crippen LogP contribution in [-0.2, 0) is 0 Å². The number of allylic oxidation sites excluding steroid dienone is 2. The second-order valence-electron chi connectivity index (χ2n) is 6.36. The number of rotatable bonds is 8. The third-order valence-corrected chi connectivity index (χ3v) is 4.36. The van der Waals surface area contributed by atoms with Gasteiger partial charge in [-0.2, -0.15) is 0 Å². The summed E-state index contributed by atoms with van der Waals surface area (Å²) in [6.07, 6.45) is 6.04. The molecule has 3 rings (SSSR count). The van der Waals surface area contributed by atoms with Gasteiger partial charge in [-0.3, -0.25) is 9.59 Å². The Morgan fingerprint density at radius 2 is 1.62 bits per heavy atom. The van der Waals surface area contributed by atoms with Crippen molar-refractivity contribution in [3.05, 3.63) is 71.4 Å². The molecular weight excluding hydrogens is 326 g/mol. The average Bonchev–Trinajstić information content (AvgIpc) is 2.67. The molecule has 0 fully saturated rings. The predicted octanol–water partition coefficient (Wildman–Crippen LogP) is 5.02. The van der Waals surface area contributed by atoms with E-state index in [1.54, 1.807) is 24.3 Å². The second kappa shape index (κ2) is 8.48. The van der Waals surface area contributed by atoms with E-state index in [0.29, 0.717) is 23.4 Å². The fourth-order valence-electron chi connectivity index (χ4n) is 2.92. The standard InChI is InChI=1S/C22H23NO3/c1-2-3-4-7-14-26-17-12-10-16(11-13-17)23-20-15-21(24)18-8-5-6-9-19(18)22(20)25/h5-6,8-13,15,23H,2-4,7,14H2,1H3. The number of ketones is 2. The van der Waals surface area contributed by atoms with Crippen molar-refractivity contribution >= 4 is 17.3 Å². The van der Waals surface area contributed by atoms with E-state index in [1.165, 1.54) is 25.3 Å². The Balaban J connectivity index is 1.61. The van der Waals surface area contributed by atoms with Crippen molar-refractivity contribution in [2.45, 2.75) is 32.6 Å². The lowest BCUT2D eigenvalue weighted by Gasteiger charge is -2.16. The third kappa shape index (κ3) is 4.20. The fourth-order valence-corrected chi connectivity index (χ4v) is 2.92. The van der Waals surface area contributed by atoms with Gasteiger partial charge in [0.05, 0.1) is 12.3 Å². The minimum Gasteiger partial charge on any atom is -0.494 e. The fraction of sp³-hybridized carbons (Fsp3) is 0.273. The Morgan fingerprint density at radius 3 is 2.35 bits per heavy atom. The van der Waals surface area contributed by atoms with E-state index in [2.05, 4.69) is 12.2 Å². The van der Waals surface area contributed by atoms with Gasteiger partial charge in [0.1, 0.15) is 5.75 Å².